The SMILES string of the molecule is CN(C)C(=O)c1ccc(-c2ccc(-n3ncc4c(=O)n(CC5(O)CCN(C(=O)C6CC6)CC5)cnc43)cc2)cc1. The van der Waals surface area contributed by atoms with Crippen molar-refractivity contribution in [1.29, 1.82) is 0 Å². The summed E-state index contributed by atoms with van der Waals surface area (Å²) in [6, 6.07) is 15.2. The molecule has 0 atom stereocenters. The number of aromatic nitrogens is 4. The zero-order valence-corrected chi connectivity index (χ0v) is 22.7. The van der Waals surface area contributed by atoms with E-state index < -0.39 is 5.60 Å². The normalized spacial score (nSPS) is 16.7. The molecule has 0 spiro atoms. The van der Waals surface area contributed by atoms with Crippen molar-refractivity contribution in [1.82, 2.24) is 29.1 Å². The second-order valence-electron chi connectivity index (χ2n) is 11.1. The minimum absolute atomic E-state index is 0.0427. The summed E-state index contributed by atoms with van der Waals surface area (Å²) in [4.78, 5) is 45.7. The van der Waals surface area contributed by atoms with E-state index >= 15 is 0 Å². The second kappa shape index (κ2) is 10.0. The Morgan fingerprint density at radius 1 is 1.00 bits per heavy atom. The van der Waals surface area contributed by atoms with E-state index in [4.69, 9.17) is 0 Å². The lowest BCUT2D eigenvalue weighted by atomic mass is 9.91. The van der Waals surface area contributed by atoms with Gasteiger partial charge in [-0.15, -0.1) is 0 Å². The van der Waals surface area contributed by atoms with Crippen LogP contribution in [0.5, 0.6) is 0 Å². The van der Waals surface area contributed by atoms with Crippen LogP contribution in [-0.2, 0) is 11.3 Å². The average Bonchev–Trinajstić information content (AvgIpc) is 3.73. The highest BCUT2D eigenvalue weighted by molar-refractivity contribution is 5.94. The Kier molecular flexibility index (Phi) is 6.50. The van der Waals surface area contributed by atoms with E-state index in [2.05, 4.69) is 10.1 Å². The van der Waals surface area contributed by atoms with E-state index in [1.807, 2.05) is 53.4 Å². The maximum absolute atomic E-state index is 13.3. The largest absolute Gasteiger partial charge is 0.388 e. The highest BCUT2D eigenvalue weighted by Crippen LogP contribution is 2.33. The van der Waals surface area contributed by atoms with Gasteiger partial charge in [-0.25, -0.2) is 9.67 Å². The van der Waals surface area contributed by atoms with Crippen molar-refractivity contribution in [3.8, 4) is 16.8 Å². The molecule has 1 N–H and O–H groups in total. The molecule has 0 bridgehead atoms. The van der Waals surface area contributed by atoms with Gasteiger partial charge in [-0.3, -0.25) is 19.0 Å². The quantitative estimate of drug-likeness (QED) is 0.402. The lowest BCUT2D eigenvalue weighted by molar-refractivity contribution is -0.137. The molecule has 1 saturated heterocycles. The number of likely N-dealkylation sites (tertiary alicyclic amines) is 1. The number of hydrogen-bond acceptors (Lipinski definition) is 6. The number of nitrogens with zero attached hydrogens (tertiary/aromatic N) is 6. The van der Waals surface area contributed by atoms with Crippen LogP contribution < -0.4 is 5.56 Å². The van der Waals surface area contributed by atoms with Crippen molar-refractivity contribution in [2.45, 2.75) is 37.8 Å². The fourth-order valence-electron chi connectivity index (χ4n) is 5.32. The van der Waals surface area contributed by atoms with Gasteiger partial charge in [-0.05, 0) is 61.1 Å². The van der Waals surface area contributed by atoms with Gasteiger partial charge >= 0.3 is 0 Å². The van der Waals surface area contributed by atoms with E-state index in [1.165, 1.54) is 17.1 Å². The van der Waals surface area contributed by atoms with Crippen LogP contribution in [0, 0.1) is 5.92 Å². The first-order valence-corrected chi connectivity index (χ1v) is 13.6. The molecule has 2 amide bonds. The molecule has 2 aromatic carbocycles. The van der Waals surface area contributed by atoms with Gasteiger partial charge < -0.3 is 14.9 Å². The number of benzene rings is 2. The molecule has 0 unspecified atom stereocenters. The Balaban J connectivity index is 1.18. The van der Waals surface area contributed by atoms with Crippen molar-refractivity contribution in [2.24, 2.45) is 5.92 Å². The second-order valence-corrected chi connectivity index (χ2v) is 11.1. The predicted octanol–water partition coefficient (Wildman–Crippen LogP) is 2.71. The molecule has 1 saturated carbocycles. The lowest BCUT2D eigenvalue weighted by Gasteiger charge is -2.38. The van der Waals surface area contributed by atoms with E-state index in [-0.39, 0.29) is 29.8 Å². The third-order valence-electron chi connectivity index (χ3n) is 7.93. The molecule has 0 radical (unpaired) electrons. The minimum Gasteiger partial charge on any atom is -0.388 e. The fourth-order valence-corrected chi connectivity index (χ4v) is 5.32. The number of rotatable bonds is 6. The molecule has 2 aromatic heterocycles. The number of hydrogen-bond donors (Lipinski definition) is 1. The molecule has 1 aliphatic carbocycles. The van der Waals surface area contributed by atoms with E-state index in [1.54, 1.807) is 23.7 Å². The van der Waals surface area contributed by atoms with Crippen molar-refractivity contribution in [3.63, 3.8) is 0 Å². The van der Waals surface area contributed by atoms with Gasteiger partial charge in [0, 0.05) is 38.7 Å². The van der Waals surface area contributed by atoms with Crippen molar-refractivity contribution < 1.29 is 14.7 Å². The molecule has 40 heavy (non-hydrogen) atoms. The summed E-state index contributed by atoms with van der Waals surface area (Å²) in [7, 11) is 3.45. The molecule has 10 heteroatoms. The first-order chi connectivity index (χ1) is 19.2. The molecule has 206 valence electrons. The summed E-state index contributed by atoms with van der Waals surface area (Å²) < 4.78 is 3.07. The monoisotopic (exact) mass is 540 g/mol. The molecule has 2 aliphatic rings. The van der Waals surface area contributed by atoms with Crippen LogP contribution in [0.25, 0.3) is 27.8 Å². The van der Waals surface area contributed by atoms with Crippen molar-refractivity contribution in [3.05, 3.63) is 77.0 Å². The van der Waals surface area contributed by atoms with Crippen molar-refractivity contribution in [2.75, 3.05) is 27.2 Å². The fraction of sp³-hybridized carbons (Fsp3) is 0.367. The van der Waals surface area contributed by atoms with Gasteiger partial charge in [-0.1, -0.05) is 24.3 Å². The Hall–Kier alpha value is -4.31. The first kappa shape index (κ1) is 25.9. The molecular formula is C30H32N6O4. The maximum atomic E-state index is 13.3. The Morgan fingerprint density at radius 2 is 1.62 bits per heavy atom. The molecule has 4 aromatic rings. The van der Waals surface area contributed by atoms with Gasteiger partial charge in [0.1, 0.15) is 11.7 Å². The predicted molar refractivity (Wildman–Crippen MR) is 150 cm³/mol. The summed E-state index contributed by atoms with van der Waals surface area (Å²) in [5.74, 6) is 0.316. The third-order valence-corrected chi connectivity index (χ3v) is 7.93. The smallest absolute Gasteiger partial charge is 0.264 e. The van der Waals surface area contributed by atoms with Gasteiger partial charge in [-0.2, -0.15) is 5.10 Å². The van der Waals surface area contributed by atoms with Gasteiger partial charge in [0.05, 0.1) is 24.0 Å². The zero-order chi connectivity index (χ0) is 28.0. The molecule has 10 nitrogen and oxygen atoms in total. The minimum atomic E-state index is -1.07. The first-order valence-electron chi connectivity index (χ1n) is 13.6. The van der Waals surface area contributed by atoms with E-state index in [0.717, 1.165) is 29.7 Å². The van der Waals surface area contributed by atoms with Crippen LogP contribution in [-0.4, -0.2) is 78.8 Å². The number of aliphatic hydroxyl groups is 1. The summed E-state index contributed by atoms with van der Waals surface area (Å²) in [6.45, 7) is 1.13. The number of fused-ring (bicyclic) bond motifs is 1. The summed E-state index contributed by atoms with van der Waals surface area (Å²) >= 11 is 0. The van der Waals surface area contributed by atoms with Crippen LogP contribution in [0.15, 0.2) is 65.8 Å². The number of carbonyl (C=O) groups excluding carboxylic acids is 2. The topological polar surface area (TPSA) is 114 Å². The average molecular weight is 541 g/mol. The van der Waals surface area contributed by atoms with Gasteiger partial charge in [0.25, 0.3) is 11.5 Å². The Bertz CT molecular complexity index is 1630. The highest BCUT2D eigenvalue weighted by Gasteiger charge is 2.39. The number of amides is 2. The van der Waals surface area contributed by atoms with Crippen LogP contribution in [0.1, 0.15) is 36.0 Å². The molecular weight excluding hydrogens is 508 g/mol. The van der Waals surface area contributed by atoms with E-state index in [0.29, 0.717) is 42.5 Å². The van der Waals surface area contributed by atoms with Crippen molar-refractivity contribution >= 4 is 22.8 Å². The summed E-state index contributed by atoms with van der Waals surface area (Å²) in [6.07, 6.45) is 5.76. The highest BCUT2D eigenvalue weighted by atomic mass is 16.3. The van der Waals surface area contributed by atoms with Crippen LogP contribution >= 0.6 is 0 Å². The molecule has 1 aliphatic heterocycles. The van der Waals surface area contributed by atoms with Crippen LogP contribution in [0.2, 0.25) is 0 Å². The van der Waals surface area contributed by atoms with Gasteiger partial charge in [0.2, 0.25) is 5.91 Å². The molecule has 2 fully saturated rings. The molecule has 3 heterocycles. The summed E-state index contributed by atoms with van der Waals surface area (Å²) in [5, 5.41) is 16.0. The summed E-state index contributed by atoms with van der Waals surface area (Å²) in [5.41, 5.74) is 2.47. The van der Waals surface area contributed by atoms with Gasteiger partial charge in [0.15, 0.2) is 5.65 Å². The Morgan fingerprint density at radius 3 is 2.23 bits per heavy atom. The molecule has 6 rings (SSSR count). The van der Waals surface area contributed by atoms with Crippen LogP contribution in [0.3, 0.4) is 0 Å². The standard InChI is InChI=1S/C30H32N6O4/c1-33(2)27(37)22-5-3-20(4-6-22)21-9-11-24(12-10-21)36-26-25(17-32-36)29(39)35(19-31-26)18-30(40)13-15-34(16-14-30)28(38)23-7-8-23/h3-6,9-12,17,19,23,40H,7-8,13-16,18H2,1-2H3. The van der Waals surface area contributed by atoms with E-state index in [9.17, 15) is 19.5 Å². The number of carbonyl (C=O) groups is 2. The third kappa shape index (κ3) is 4.90. The lowest BCUT2D eigenvalue weighted by Crippen LogP contribution is -2.50. The number of piperidine rings is 1. The van der Waals surface area contributed by atoms with Crippen LogP contribution in [0.4, 0.5) is 0 Å². The zero-order valence-electron chi connectivity index (χ0n) is 22.7. The Labute approximate surface area is 231 Å². The maximum Gasteiger partial charge on any atom is 0.264 e.